The summed E-state index contributed by atoms with van der Waals surface area (Å²) in [6.45, 7) is 3.94. The summed E-state index contributed by atoms with van der Waals surface area (Å²) in [6.07, 6.45) is 1.12. The van der Waals surface area contributed by atoms with Crippen LogP contribution in [0.2, 0.25) is 10.0 Å². The van der Waals surface area contributed by atoms with Gasteiger partial charge in [-0.25, -0.2) is 4.98 Å². The van der Waals surface area contributed by atoms with Gasteiger partial charge in [0.25, 0.3) is 0 Å². The van der Waals surface area contributed by atoms with Gasteiger partial charge in [0.2, 0.25) is 0 Å². The van der Waals surface area contributed by atoms with Crippen molar-refractivity contribution in [3.63, 3.8) is 0 Å². The third-order valence-corrected chi connectivity index (χ3v) is 4.21. The molecular formula is C13H14Cl2N2S. The first-order valence-corrected chi connectivity index (χ1v) is 7.45. The van der Waals surface area contributed by atoms with Crippen LogP contribution in [0, 0.1) is 0 Å². The largest absolute Gasteiger partial charge is 0.311 e. The molecule has 0 aliphatic heterocycles. The zero-order valence-corrected chi connectivity index (χ0v) is 12.4. The monoisotopic (exact) mass is 300 g/mol. The van der Waals surface area contributed by atoms with Crippen LogP contribution in [0.3, 0.4) is 0 Å². The van der Waals surface area contributed by atoms with Crippen molar-refractivity contribution in [2.45, 2.75) is 19.9 Å². The normalized spacial score (nSPS) is 10.8. The number of aromatic nitrogens is 1. The number of nitrogens with one attached hydrogen (secondary N) is 1. The third-order valence-electron chi connectivity index (χ3n) is 2.47. The summed E-state index contributed by atoms with van der Waals surface area (Å²) in [5.41, 5.74) is 1.94. The molecule has 18 heavy (non-hydrogen) atoms. The maximum Gasteiger partial charge on any atom is 0.125 e. The van der Waals surface area contributed by atoms with E-state index in [1.54, 1.807) is 17.4 Å². The minimum atomic E-state index is 0.565. The average Bonchev–Trinajstić information content (AvgIpc) is 2.82. The van der Waals surface area contributed by atoms with E-state index in [-0.39, 0.29) is 0 Å². The van der Waals surface area contributed by atoms with Crippen molar-refractivity contribution in [3.05, 3.63) is 39.3 Å². The Bertz CT molecular complexity index is 525. The van der Waals surface area contributed by atoms with Crippen LogP contribution in [-0.4, -0.2) is 11.5 Å². The average molecular weight is 301 g/mol. The molecule has 5 heteroatoms. The van der Waals surface area contributed by atoms with E-state index in [0.29, 0.717) is 10.0 Å². The lowest BCUT2D eigenvalue weighted by atomic mass is 10.2. The molecule has 0 saturated heterocycles. The molecule has 2 rings (SSSR count). The number of nitrogens with zero attached hydrogens (tertiary/aromatic N) is 1. The molecule has 0 aliphatic rings. The maximum atomic E-state index is 6.18. The number of hydrogen-bond donors (Lipinski definition) is 1. The fourth-order valence-electron chi connectivity index (χ4n) is 1.57. The highest BCUT2D eigenvalue weighted by Gasteiger charge is 2.10. The topological polar surface area (TPSA) is 24.9 Å². The Labute approximate surface area is 121 Å². The summed E-state index contributed by atoms with van der Waals surface area (Å²) in [4.78, 5) is 4.57. The van der Waals surface area contributed by atoms with Gasteiger partial charge in [-0.2, -0.15) is 0 Å². The van der Waals surface area contributed by atoms with Crippen LogP contribution in [0.1, 0.15) is 19.0 Å². The highest BCUT2D eigenvalue weighted by Crippen LogP contribution is 2.34. The van der Waals surface area contributed by atoms with E-state index in [4.69, 9.17) is 23.2 Å². The second-order valence-electron chi connectivity index (χ2n) is 3.92. The van der Waals surface area contributed by atoms with Crippen LogP contribution >= 0.6 is 34.5 Å². The van der Waals surface area contributed by atoms with Gasteiger partial charge in [0, 0.05) is 17.5 Å². The fourth-order valence-corrected chi connectivity index (χ4v) is 2.87. The van der Waals surface area contributed by atoms with Gasteiger partial charge < -0.3 is 5.32 Å². The number of halogens is 2. The molecule has 0 bridgehead atoms. The van der Waals surface area contributed by atoms with Gasteiger partial charge in [0.1, 0.15) is 5.01 Å². The first-order valence-electron chi connectivity index (χ1n) is 5.82. The van der Waals surface area contributed by atoms with Gasteiger partial charge in [-0.3, -0.25) is 0 Å². The van der Waals surface area contributed by atoms with E-state index in [1.807, 2.05) is 12.1 Å². The molecule has 0 atom stereocenters. The Hall–Kier alpha value is -0.610. The molecule has 0 unspecified atom stereocenters. The predicted molar refractivity (Wildman–Crippen MR) is 79.6 cm³/mol. The predicted octanol–water partition coefficient (Wildman–Crippen LogP) is 4.62. The molecule has 0 amide bonds. The highest BCUT2D eigenvalue weighted by molar-refractivity contribution is 7.13. The molecule has 0 saturated carbocycles. The Balaban J connectivity index is 2.16. The van der Waals surface area contributed by atoms with Crippen molar-refractivity contribution in [1.82, 2.24) is 10.3 Å². The molecule has 1 aromatic carbocycles. The SMILES string of the molecule is CCCNCc1csc(-c2cccc(Cl)c2Cl)n1. The molecule has 1 aromatic heterocycles. The Morgan fingerprint density at radius 2 is 2.17 bits per heavy atom. The summed E-state index contributed by atoms with van der Waals surface area (Å²) in [5, 5.41) is 7.43. The molecule has 2 aromatic rings. The highest BCUT2D eigenvalue weighted by atomic mass is 35.5. The minimum Gasteiger partial charge on any atom is -0.311 e. The molecular weight excluding hydrogens is 287 g/mol. The molecule has 0 aliphatic carbocycles. The van der Waals surface area contributed by atoms with Gasteiger partial charge in [-0.1, -0.05) is 42.3 Å². The Morgan fingerprint density at radius 1 is 1.33 bits per heavy atom. The lowest BCUT2D eigenvalue weighted by Gasteiger charge is -2.02. The Kier molecular flexibility index (Phi) is 5.01. The van der Waals surface area contributed by atoms with Crippen LogP contribution in [0.25, 0.3) is 10.6 Å². The van der Waals surface area contributed by atoms with Crippen molar-refractivity contribution in [1.29, 1.82) is 0 Å². The first kappa shape index (κ1) is 13.8. The number of rotatable bonds is 5. The lowest BCUT2D eigenvalue weighted by Crippen LogP contribution is -2.13. The quantitative estimate of drug-likeness (QED) is 0.815. The van der Waals surface area contributed by atoms with Crippen LogP contribution in [-0.2, 0) is 6.54 Å². The summed E-state index contributed by atoms with van der Waals surface area (Å²) in [6, 6.07) is 5.61. The first-order chi connectivity index (χ1) is 8.72. The second kappa shape index (κ2) is 6.53. The second-order valence-corrected chi connectivity index (χ2v) is 5.57. The maximum absolute atomic E-state index is 6.18. The standard InChI is InChI=1S/C13H14Cl2N2S/c1-2-6-16-7-9-8-18-13(17-9)10-4-3-5-11(14)12(10)15/h3-5,8,16H,2,6-7H2,1H3. The van der Waals surface area contributed by atoms with E-state index in [1.165, 1.54) is 0 Å². The molecule has 2 nitrogen and oxygen atoms in total. The summed E-state index contributed by atoms with van der Waals surface area (Å²) in [7, 11) is 0. The van der Waals surface area contributed by atoms with E-state index in [0.717, 1.165) is 35.8 Å². The van der Waals surface area contributed by atoms with Crippen molar-refractivity contribution < 1.29 is 0 Å². The zero-order chi connectivity index (χ0) is 13.0. The molecule has 0 spiro atoms. The molecule has 0 fully saturated rings. The van der Waals surface area contributed by atoms with Crippen LogP contribution in [0.4, 0.5) is 0 Å². The molecule has 1 heterocycles. The van der Waals surface area contributed by atoms with Gasteiger partial charge in [0.05, 0.1) is 15.7 Å². The van der Waals surface area contributed by atoms with E-state index in [9.17, 15) is 0 Å². The van der Waals surface area contributed by atoms with Crippen molar-refractivity contribution in [3.8, 4) is 10.6 Å². The van der Waals surface area contributed by atoms with E-state index >= 15 is 0 Å². The van der Waals surface area contributed by atoms with Crippen molar-refractivity contribution in [2.75, 3.05) is 6.54 Å². The smallest absolute Gasteiger partial charge is 0.125 e. The third kappa shape index (κ3) is 3.23. The van der Waals surface area contributed by atoms with Crippen molar-refractivity contribution >= 4 is 34.5 Å². The van der Waals surface area contributed by atoms with E-state index < -0.39 is 0 Å². The minimum absolute atomic E-state index is 0.565. The summed E-state index contributed by atoms with van der Waals surface area (Å²) >= 11 is 13.8. The van der Waals surface area contributed by atoms with Crippen molar-refractivity contribution in [2.24, 2.45) is 0 Å². The van der Waals surface area contributed by atoms with Gasteiger partial charge in [0.15, 0.2) is 0 Å². The number of benzene rings is 1. The molecule has 96 valence electrons. The molecule has 0 radical (unpaired) electrons. The summed E-state index contributed by atoms with van der Waals surface area (Å²) in [5.74, 6) is 0. The Morgan fingerprint density at radius 3 is 2.94 bits per heavy atom. The van der Waals surface area contributed by atoms with Crippen LogP contribution in [0.5, 0.6) is 0 Å². The van der Waals surface area contributed by atoms with Gasteiger partial charge >= 0.3 is 0 Å². The number of thiazole rings is 1. The summed E-state index contributed by atoms with van der Waals surface area (Å²) < 4.78 is 0. The van der Waals surface area contributed by atoms with E-state index in [2.05, 4.69) is 22.6 Å². The van der Waals surface area contributed by atoms with Crippen LogP contribution < -0.4 is 5.32 Å². The number of hydrogen-bond acceptors (Lipinski definition) is 3. The zero-order valence-electron chi connectivity index (χ0n) is 10.0. The van der Waals surface area contributed by atoms with Gasteiger partial charge in [-0.05, 0) is 19.0 Å². The van der Waals surface area contributed by atoms with Gasteiger partial charge in [-0.15, -0.1) is 11.3 Å². The lowest BCUT2D eigenvalue weighted by molar-refractivity contribution is 0.667. The van der Waals surface area contributed by atoms with Crippen LogP contribution in [0.15, 0.2) is 23.6 Å². The molecule has 1 N–H and O–H groups in total. The fraction of sp³-hybridized carbons (Fsp3) is 0.308.